The second-order valence-electron chi connectivity index (χ2n) is 10.1. The predicted octanol–water partition coefficient (Wildman–Crippen LogP) is 8.25. The summed E-state index contributed by atoms with van der Waals surface area (Å²) in [6, 6.07) is 43.4. The maximum absolute atomic E-state index is 9.16. The summed E-state index contributed by atoms with van der Waals surface area (Å²) in [5.41, 5.74) is 7.04. The molecular formula is C37H28O3. The largest absolute Gasteiger partial charge is 0.491 e. The summed E-state index contributed by atoms with van der Waals surface area (Å²) in [5.74, 6) is 1.54. The van der Waals surface area contributed by atoms with Gasteiger partial charge in [0.2, 0.25) is 0 Å². The van der Waals surface area contributed by atoms with E-state index >= 15 is 0 Å². The number of rotatable bonds is 7. The molecule has 0 heterocycles. The van der Waals surface area contributed by atoms with Gasteiger partial charge in [-0.1, -0.05) is 91.5 Å². The zero-order valence-corrected chi connectivity index (χ0v) is 22.0. The molecule has 40 heavy (non-hydrogen) atoms. The van der Waals surface area contributed by atoms with E-state index in [-0.39, 0.29) is 13.2 Å². The van der Waals surface area contributed by atoms with Crippen molar-refractivity contribution >= 4 is 21.5 Å². The lowest BCUT2D eigenvalue weighted by molar-refractivity contribution is 0.201. The third-order valence-corrected chi connectivity index (χ3v) is 8.02. The van der Waals surface area contributed by atoms with Crippen molar-refractivity contribution in [1.29, 1.82) is 0 Å². The standard InChI is InChI=1S/C37H28O3/c1-2-39-31-17-13-25-21-29(15-11-27(25)23-31)37(35-9-5-3-7-33(35)34-8-4-6-10-36(34)37)30-16-12-28-24-32(40-20-19-38)18-14-26(28)22-30/h2-18,21-24,38H,1,19-20H2. The molecule has 3 heteroatoms. The first-order valence-electron chi connectivity index (χ1n) is 13.5. The highest BCUT2D eigenvalue weighted by Crippen LogP contribution is 2.56. The minimum absolute atomic E-state index is 0.00728. The first-order valence-corrected chi connectivity index (χ1v) is 13.5. The van der Waals surface area contributed by atoms with E-state index in [1.165, 1.54) is 39.6 Å². The van der Waals surface area contributed by atoms with Crippen LogP contribution in [0.25, 0.3) is 32.7 Å². The molecule has 0 radical (unpaired) electrons. The van der Waals surface area contributed by atoms with Crippen LogP contribution in [0.3, 0.4) is 0 Å². The van der Waals surface area contributed by atoms with E-state index in [1.54, 1.807) is 0 Å². The quantitative estimate of drug-likeness (QED) is 0.215. The van der Waals surface area contributed by atoms with Crippen LogP contribution >= 0.6 is 0 Å². The van der Waals surface area contributed by atoms with Gasteiger partial charge in [-0.15, -0.1) is 0 Å². The lowest BCUT2D eigenvalue weighted by Gasteiger charge is -2.34. The van der Waals surface area contributed by atoms with Crippen LogP contribution < -0.4 is 9.47 Å². The van der Waals surface area contributed by atoms with E-state index in [2.05, 4.69) is 110 Å². The van der Waals surface area contributed by atoms with Gasteiger partial charge in [0.1, 0.15) is 18.1 Å². The van der Waals surface area contributed by atoms with E-state index in [9.17, 15) is 0 Å². The first kappa shape index (κ1) is 24.2. The first-order chi connectivity index (χ1) is 19.7. The van der Waals surface area contributed by atoms with Crippen LogP contribution in [0.15, 0.2) is 134 Å². The second-order valence-corrected chi connectivity index (χ2v) is 10.1. The molecular weight excluding hydrogens is 492 g/mol. The molecule has 3 nitrogen and oxygen atoms in total. The average molecular weight is 521 g/mol. The molecule has 0 atom stereocenters. The molecule has 0 bridgehead atoms. The summed E-state index contributed by atoms with van der Waals surface area (Å²) in [7, 11) is 0. The SMILES string of the molecule is C=COc1ccc2cc(C3(c4ccc5cc(OCCO)ccc5c4)c4ccccc4-c4ccccc43)ccc2c1. The van der Waals surface area contributed by atoms with Crippen LogP contribution in [-0.4, -0.2) is 18.3 Å². The number of aliphatic hydroxyl groups is 1. The number of aliphatic hydroxyl groups excluding tert-OH is 1. The van der Waals surface area contributed by atoms with Crippen molar-refractivity contribution in [3.05, 3.63) is 156 Å². The molecule has 6 aromatic carbocycles. The van der Waals surface area contributed by atoms with Gasteiger partial charge in [0, 0.05) is 0 Å². The van der Waals surface area contributed by atoms with Crippen LogP contribution in [0.1, 0.15) is 22.3 Å². The van der Waals surface area contributed by atoms with Gasteiger partial charge >= 0.3 is 0 Å². The third-order valence-electron chi connectivity index (χ3n) is 8.02. The van der Waals surface area contributed by atoms with E-state index in [1.807, 2.05) is 18.2 Å². The van der Waals surface area contributed by atoms with Gasteiger partial charge in [-0.3, -0.25) is 0 Å². The van der Waals surface area contributed by atoms with Crippen molar-refractivity contribution in [2.45, 2.75) is 5.41 Å². The molecule has 0 spiro atoms. The maximum atomic E-state index is 9.16. The highest BCUT2D eigenvalue weighted by Gasteiger charge is 2.46. The van der Waals surface area contributed by atoms with Gasteiger partial charge in [-0.05, 0) is 91.3 Å². The maximum Gasteiger partial charge on any atom is 0.127 e. The van der Waals surface area contributed by atoms with Crippen LogP contribution in [-0.2, 0) is 5.41 Å². The number of benzene rings is 6. The van der Waals surface area contributed by atoms with Crippen molar-refractivity contribution < 1.29 is 14.6 Å². The van der Waals surface area contributed by atoms with Gasteiger partial charge < -0.3 is 14.6 Å². The fraction of sp³-hybridized carbons (Fsp3) is 0.0811. The summed E-state index contributed by atoms with van der Waals surface area (Å²) in [5, 5.41) is 13.7. The topological polar surface area (TPSA) is 38.7 Å². The van der Waals surface area contributed by atoms with E-state index in [0.717, 1.165) is 33.0 Å². The zero-order chi connectivity index (χ0) is 27.1. The fourth-order valence-electron chi connectivity index (χ4n) is 6.36. The van der Waals surface area contributed by atoms with Crippen LogP contribution in [0.4, 0.5) is 0 Å². The minimum atomic E-state index is -0.488. The minimum Gasteiger partial charge on any atom is -0.491 e. The van der Waals surface area contributed by atoms with Crippen LogP contribution in [0, 0.1) is 0 Å². The summed E-state index contributed by atoms with van der Waals surface area (Å²) in [4.78, 5) is 0. The molecule has 0 fully saturated rings. The van der Waals surface area contributed by atoms with Crippen LogP contribution in [0.5, 0.6) is 11.5 Å². The molecule has 1 aliphatic rings. The molecule has 1 N–H and O–H groups in total. The highest BCUT2D eigenvalue weighted by molar-refractivity contribution is 5.92. The normalized spacial score (nSPS) is 13.1. The Morgan fingerprint density at radius 2 is 1.10 bits per heavy atom. The molecule has 7 rings (SSSR count). The van der Waals surface area contributed by atoms with Crippen molar-refractivity contribution in [2.24, 2.45) is 0 Å². The Labute approximate surface area is 233 Å². The van der Waals surface area contributed by atoms with Gasteiger partial charge in [0.05, 0.1) is 18.3 Å². The van der Waals surface area contributed by atoms with Crippen molar-refractivity contribution in [3.63, 3.8) is 0 Å². The highest BCUT2D eigenvalue weighted by atomic mass is 16.5. The molecule has 0 aromatic heterocycles. The molecule has 0 aliphatic heterocycles. The number of hydrogen-bond acceptors (Lipinski definition) is 3. The van der Waals surface area contributed by atoms with Crippen molar-refractivity contribution in [3.8, 4) is 22.6 Å². The Balaban J connectivity index is 1.50. The van der Waals surface area contributed by atoms with E-state index in [0.29, 0.717) is 0 Å². The average Bonchev–Trinajstić information content (AvgIpc) is 3.31. The summed E-state index contributed by atoms with van der Waals surface area (Å²) in [6.07, 6.45) is 1.46. The monoisotopic (exact) mass is 520 g/mol. The lowest BCUT2D eigenvalue weighted by atomic mass is 9.67. The van der Waals surface area contributed by atoms with Gasteiger partial charge in [0.25, 0.3) is 0 Å². The smallest absolute Gasteiger partial charge is 0.127 e. The molecule has 6 aromatic rings. The Bertz CT molecular complexity index is 1860. The Kier molecular flexibility index (Phi) is 5.87. The molecule has 0 saturated heterocycles. The summed E-state index contributed by atoms with van der Waals surface area (Å²) >= 11 is 0. The van der Waals surface area contributed by atoms with Gasteiger partial charge in [-0.2, -0.15) is 0 Å². The van der Waals surface area contributed by atoms with Crippen LogP contribution in [0.2, 0.25) is 0 Å². The van der Waals surface area contributed by atoms with E-state index < -0.39 is 5.41 Å². The van der Waals surface area contributed by atoms with Gasteiger partial charge in [0.15, 0.2) is 0 Å². The Morgan fingerprint density at radius 3 is 1.68 bits per heavy atom. The third kappa shape index (κ3) is 3.70. The van der Waals surface area contributed by atoms with E-state index in [4.69, 9.17) is 14.6 Å². The van der Waals surface area contributed by atoms with Crippen molar-refractivity contribution in [1.82, 2.24) is 0 Å². The predicted molar refractivity (Wildman–Crippen MR) is 162 cm³/mol. The molecule has 0 unspecified atom stereocenters. The number of ether oxygens (including phenoxy) is 2. The zero-order valence-electron chi connectivity index (χ0n) is 22.0. The Hall–Kier alpha value is -4.86. The fourth-order valence-corrected chi connectivity index (χ4v) is 6.36. The lowest BCUT2D eigenvalue weighted by Crippen LogP contribution is -2.28. The van der Waals surface area contributed by atoms with Crippen molar-refractivity contribution in [2.75, 3.05) is 13.2 Å². The molecule has 1 aliphatic carbocycles. The summed E-state index contributed by atoms with van der Waals surface area (Å²) in [6.45, 7) is 3.96. The number of hydrogen-bond donors (Lipinski definition) is 1. The molecule has 0 saturated carbocycles. The van der Waals surface area contributed by atoms with Gasteiger partial charge in [-0.25, -0.2) is 0 Å². The molecule has 0 amide bonds. The summed E-state index contributed by atoms with van der Waals surface area (Å²) < 4.78 is 11.2. The number of fused-ring (bicyclic) bond motifs is 5. The Morgan fingerprint density at radius 1 is 0.600 bits per heavy atom. The second kappa shape index (κ2) is 9.71. The molecule has 194 valence electrons.